The predicted octanol–water partition coefficient (Wildman–Crippen LogP) is 5.44. The molecule has 1 aliphatic heterocycles. The van der Waals surface area contributed by atoms with Crippen molar-refractivity contribution in [2.75, 3.05) is 6.61 Å². The third-order valence-electron chi connectivity index (χ3n) is 4.82. The molecular formula is C19H21Cl2NO3S. The van der Waals surface area contributed by atoms with Crippen molar-refractivity contribution in [2.45, 2.75) is 46.5 Å². The summed E-state index contributed by atoms with van der Waals surface area (Å²) in [7, 11) is 0. The first-order chi connectivity index (χ1) is 12.1. The molecule has 1 aromatic rings. The maximum Gasteiger partial charge on any atom is 0.336 e. The number of halogens is 2. The Balaban J connectivity index is 2.19. The smallest absolute Gasteiger partial charge is 0.336 e. The fraction of sp³-hybridized carbons (Fsp3) is 0.526. The third kappa shape index (κ3) is 3.49. The topological polar surface area (TPSA) is 55.7 Å². The van der Waals surface area contributed by atoms with Gasteiger partial charge in [0.15, 0.2) is 0 Å². The zero-order chi connectivity index (χ0) is 19.2. The van der Waals surface area contributed by atoms with Crippen LogP contribution in [-0.2, 0) is 14.3 Å². The summed E-state index contributed by atoms with van der Waals surface area (Å²) in [5, 5.41) is 0.471. The van der Waals surface area contributed by atoms with E-state index in [4.69, 9.17) is 27.9 Å². The highest BCUT2D eigenvalue weighted by molar-refractivity contribution is 7.16. The Hall–Kier alpha value is -1.17. The van der Waals surface area contributed by atoms with Crippen LogP contribution in [-0.4, -0.2) is 24.1 Å². The molecule has 7 heteroatoms. The third-order valence-corrected chi connectivity index (χ3v) is 6.60. The first kappa shape index (κ1) is 19.6. The normalized spacial score (nSPS) is 25.0. The SMILES string of the molecule is CCOC(=O)C1=C(C)N=C2CC(C)(C)CC(=O)[C@H]2[C@H]1c1sc(Cl)cc1Cl. The van der Waals surface area contributed by atoms with E-state index >= 15 is 0 Å². The van der Waals surface area contributed by atoms with Crippen molar-refractivity contribution in [3.63, 3.8) is 0 Å². The molecule has 1 aromatic heterocycles. The van der Waals surface area contributed by atoms with Crippen molar-refractivity contribution in [3.8, 4) is 0 Å². The van der Waals surface area contributed by atoms with Crippen molar-refractivity contribution >= 4 is 52.0 Å². The molecule has 2 aliphatic rings. The van der Waals surface area contributed by atoms with Crippen LogP contribution in [0.2, 0.25) is 9.36 Å². The van der Waals surface area contributed by atoms with Gasteiger partial charge in [-0.25, -0.2) is 4.79 Å². The number of carbonyl (C=O) groups is 2. The fourth-order valence-electron chi connectivity index (χ4n) is 3.92. The van der Waals surface area contributed by atoms with Gasteiger partial charge in [-0.3, -0.25) is 9.79 Å². The summed E-state index contributed by atoms with van der Waals surface area (Å²) >= 11 is 13.9. The number of carbonyl (C=O) groups excluding carboxylic acids is 2. The van der Waals surface area contributed by atoms with Gasteiger partial charge < -0.3 is 4.74 Å². The second kappa shape index (κ2) is 7.10. The van der Waals surface area contributed by atoms with Gasteiger partial charge in [0.1, 0.15) is 5.78 Å². The molecular weight excluding hydrogens is 393 g/mol. The maximum atomic E-state index is 13.1. The average Bonchev–Trinajstić information content (AvgIpc) is 2.82. The Morgan fingerprint density at radius 1 is 1.35 bits per heavy atom. The van der Waals surface area contributed by atoms with E-state index in [0.717, 1.165) is 10.6 Å². The second-order valence-electron chi connectivity index (χ2n) is 7.52. The highest BCUT2D eigenvalue weighted by Gasteiger charge is 2.48. The number of rotatable bonds is 3. The molecule has 0 aromatic carbocycles. The monoisotopic (exact) mass is 413 g/mol. The standard InChI is InChI=1S/C19H21Cl2NO3S/c1-5-25-18(24)14-9(2)22-11-7-19(3,4)8-12(23)15(11)16(14)17-10(20)6-13(21)26-17/h6,15-16H,5,7-8H2,1-4H3/t15-,16-/m0/s1. The van der Waals surface area contributed by atoms with Crippen LogP contribution in [0.3, 0.4) is 0 Å². The van der Waals surface area contributed by atoms with E-state index in [9.17, 15) is 9.59 Å². The van der Waals surface area contributed by atoms with Crippen LogP contribution in [0.4, 0.5) is 0 Å². The van der Waals surface area contributed by atoms with Crippen molar-refractivity contribution in [1.29, 1.82) is 0 Å². The Morgan fingerprint density at radius 3 is 2.62 bits per heavy atom. The van der Waals surface area contributed by atoms with Crippen molar-refractivity contribution in [1.82, 2.24) is 0 Å². The molecule has 0 amide bonds. The highest BCUT2D eigenvalue weighted by atomic mass is 35.5. The molecule has 0 radical (unpaired) electrons. The summed E-state index contributed by atoms with van der Waals surface area (Å²) < 4.78 is 5.78. The Bertz CT molecular complexity index is 838. The van der Waals surface area contributed by atoms with Crippen LogP contribution in [0, 0.1) is 11.3 Å². The molecule has 26 heavy (non-hydrogen) atoms. The van der Waals surface area contributed by atoms with Gasteiger partial charge in [-0.15, -0.1) is 11.3 Å². The van der Waals surface area contributed by atoms with E-state index < -0.39 is 17.8 Å². The summed E-state index contributed by atoms with van der Waals surface area (Å²) in [5.74, 6) is -1.34. The van der Waals surface area contributed by atoms with Crippen molar-refractivity contribution in [3.05, 3.63) is 31.6 Å². The molecule has 2 heterocycles. The minimum Gasteiger partial charge on any atom is -0.463 e. The molecule has 1 aliphatic carbocycles. The molecule has 140 valence electrons. The van der Waals surface area contributed by atoms with Crippen LogP contribution in [0.1, 0.15) is 51.3 Å². The Kier molecular flexibility index (Phi) is 5.35. The van der Waals surface area contributed by atoms with E-state index in [1.807, 2.05) is 0 Å². The van der Waals surface area contributed by atoms with E-state index in [0.29, 0.717) is 33.5 Å². The summed E-state index contributed by atoms with van der Waals surface area (Å²) in [6, 6.07) is 1.66. The number of hydrogen-bond acceptors (Lipinski definition) is 5. The molecule has 0 N–H and O–H groups in total. The summed E-state index contributed by atoms with van der Waals surface area (Å²) in [6.45, 7) is 7.92. The zero-order valence-electron chi connectivity index (χ0n) is 15.2. The first-order valence-corrected chi connectivity index (χ1v) is 10.1. The second-order valence-corrected chi connectivity index (χ2v) is 9.65. The number of thiophene rings is 1. The maximum absolute atomic E-state index is 13.1. The number of Topliss-reactive ketones (excluding diaryl/α,β-unsaturated/α-hetero) is 1. The van der Waals surface area contributed by atoms with E-state index in [2.05, 4.69) is 18.8 Å². The van der Waals surface area contributed by atoms with Crippen LogP contribution in [0.25, 0.3) is 0 Å². The summed E-state index contributed by atoms with van der Waals surface area (Å²) in [5.41, 5.74) is 1.68. The van der Waals surface area contributed by atoms with Crippen molar-refractivity contribution < 1.29 is 14.3 Å². The van der Waals surface area contributed by atoms with Gasteiger partial charge in [0.05, 0.1) is 27.5 Å². The summed E-state index contributed by atoms with van der Waals surface area (Å²) in [6.07, 6.45) is 1.16. The number of esters is 1. The lowest BCUT2D eigenvalue weighted by Gasteiger charge is -2.40. The van der Waals surface area contributed by atoms with Gasteiger partial charge in [-0.2, -0.15) is 0 Å². The molecule has 4 nitrogen and oxygen atoms in total. The van der Waals surface area contributed by atoms with Crippen LogP contribution >= 0.6 is 34.5 Å². The number of ketones is 1. The quantitative estimate of drug-likeness (QED) is 0.620. The lowest BCUT2D eigenvalue weighted by atomic mass is 9.64. The molecule has 1 fully saturated rings. The number of allylic oxidation sites excluding steroid dienone is 1. The van der Waals surface area contributed by atoms with Gasteiger partial charge in [-0.05, 0) is 31.7 Å². The van der Waals surface area contributed by atoms with Crippen LogP contribution in [0.15, 0.2) is 22.3 Å². The Labute approximate surface area is 167 Å². The number of aliphatic imine (C=N–C) groups is 1. The number of ether oxygens (including phenoxy) is 1. The number of hydrogen-bond donors (Lipinski definition) is 0. The van der Waals surface area contributed by atoms with Gasteiger partial charge in [0.25, 0.3) is 0 Å². The minimum atomic E-state index is -0.491. The van der Waals surface area contributed by atoms with Gasteiger partial charge in [0, 0.05) is 28.6 Å². The number of fused-ring (bicyclic) bond motifs is 1. The molecule has 0 bridgehead atoms. The Morgan fingerprint density at radius 2 is 2.04 bits per heavy atom. The molecule has 0 saturated heterocycles. The summed E-state index contributed by atoms with van der Waals surface area (Å²) in [4.78, 5) is 31.1. The molecule has 1 saturated carbocycles. The molecule has 3 rings (SSSR count). The molecule has 0 unspecified atom stereocenters. The van der Waals surface area contributed by atoms with Crippen LogP contribution in [0.5, 0.6) is 0 Å². The molecule has 2 atom stereocenters. The highest BCUT2D eigenvalue weighted by Crippen LogP contribution is 2.50. The minimum absolute atomic E-state index is 0.0832. The van der Waals surface area contributed by atoms with Gasteiger partial charge in [-0.1, -0.05) is 37.0 Å². The predicted molar refractivity (Wildman–Crippen MR) is 105 cm³/mol. The lowest BCUT2D eigenvalue weighted by Crippen LogP contribution is -2.44. The lowest BCUT2D eigenvalue weighted by molar-refractivity contribution is -0.139. The van der Waals surface area contributed by atoms with E-state index in [1.54, 1.807) is 19.9 Å². The van der Waals surface area contributed by atoms with Crippen molar-refractivity contribution in [2.24, 2.45) is 16.3 Å². The fourth-order valence-corrected chi connectivity index (χ4v) is 5.66. The number of nitrogens with zero attached hydrogens (tertiary/aromatic N) is 1. The zero-order valence-corrected chi connectivity index (χ0v) is 17.5. The van der Waals surface area contributed by atoms with Gasteiger partial charge >= 0.3 is 5.97 Å². The first-order valence-electron chi connectivity index (χ1n) is 8.57. The van der Waals surface area contributed by atoms with Gasteiger partial charge in [0.2, 0.25) is 0 Å². The van der Waals surface area contributed by atoms with Crippen LogP contribution < -0.4 is 0 Å². The average molecular weight is 414 g/mol. The van der Waals surface area contributed by atoms with E-state index in [1.165, 1.54) is 11.3 Å². The molecule has 0 spiro atoms. The van der Waals surface area contributed by atoms with E-state index in [-0.39, 0.29) is 17.8 Å². The largest absolute Gasteiger partial charge is 0.463 e.